The van der Waals surface area contributed by atoms with Crippen molar-refractivity contribution in [2.75, 3.05) is 12.5 Å². The number of imidazole rings is 1. The van der Waals surface area contributed by atoms with Gasteiger partial charge in [-0.3, -0.25) is 4.68 Å². The van der Waals surface area contributed by atoms with E-state index in [9.17, 15) is 0 Å². The SMILES string of the molecule is CNn1cnc(C(C)C)c1C. The molecule has 0 spiro atoms. The van der Waals surface area contributed by atoms with Gasteiger partial charge in [-0.1, -0.05) is 13.8 Å². The third-order valence-corrected chi connectivity index (χ3v) is 1.83. The molecule has 11 heavy (non-hydrogen) atoms. The van der Waals surface area contributed by atoms with E-state index in [0.717, 1.165) is 0 Å². The molecule has 62 valence electrons. The first-order valence-corrected chi connectivity index (χ1v) is 3.88. The van der Waals surface area contributed by atoms with Crippen LogP contribution in [0.25, 0.3) is 0 Å². The first kappa shape index (κ1) is 8.11. The van der Waals surface area contributed by atoms with Crippen LogP contribution in [0.3, 0.4) is 0 Å². The van der Waals surface area contributed by atoms with Gasteiger partial charge < -0.3 is 5.43 Å². The quantitative estimate of drug-likeness (QED) is 0.697. The predicted octanol–water partition coefficient (Wildman–Crippen LogP) is 1.49. The Hall–Kier alpha value is -0.990. The first-order chi connectivity index (χ1) is 5.16. The molecule has 1 N–H and O–H groups in total. The molecule has 0 saturated carbocycles. The van der Waals surface area contributed by atoms with Crippen LogP contribution in [-0.2, 0) is 0 Å². The van der Waals surface area contributed by atoms with Crippen LogP contribution in [-0.4, -0.2) is 16.7 Å². The summed E-state index contributed by atoms with van der Waals surface area (Å²) in [5.74, 6) is 0.504. The molecule has 0 amide bonds. The van der Waals surface area contributed by atoms with Crippen LogP contribution in [0.5, 0.6) is 0 Å². The van der Waals surface area contributed by atoms with E-state index in [1.54, 1.807) is 0 Å². The molecule has 0 aliphatic rings. The standard InChI is InChI=1S/C8H15N3/c1-6(2)8-7(3)11(9-4)5-10-8/h5-6,9H,1-4H3. The molecule has 1 heterocycles. The highest BCUT2D eigenvalue weighted by molar-refractivity contribution is 5.15. The maximum absolute atomic E-state index is 4.29. The van der Waals surface area contributed by atoms with Crippen LogP contribution in [0, 0.1) is 6.92 Å². The number of hydrogen-bond donors (Lipinski definition) is 1. The van der Waals surface area contributed by atoms with Crippen LogP contribution >= 0.6 is 0 Å². The minimum Gasteiger partial charge on any atom is -0.328 e. The summed E-state index contributed by atoms with van der Waals surface area (Å²) in [6.07, 6.45) is 1.81. The van der Waals surface area contributed by atoms with Crippen LogP contribution in [0.2, 0.25) is 0 Å². The van der Waals surface area contributed by atoms with Gasteiger partial charge in [0.2, 0.25) is 0 Å². The summed E-state index contributed by atoms with van der Waals surface area (Å²) in [6.45, 7) is 6.36. The molecule has 0 aliphatic carbocycles. The van der Waals surface area contributed by atoms with E-state index in [0.29, 0.717) is 5.92 Å². The van der Waals surface area contributed by atoms with Crippen molar-refractivity contribution < 1.29 is 0 Å². The highest BCUT2D eigenvalue weighted by Crippen LogP contribution is 2.15. The highest BCUT2D eigenvalue weighted by Gasteiger charge is 2.08. The van der Waals surface area contributed by atoms with Crippen molar-refractivity contribution >= 4 is 0 Å². The molecule has 1 aromatic rings. The van der Waals surface area contributed by atoms with Crippen molar-refractivity contribution in [2.45, 2.75) is 26.7 Å². The van der Waals surface area contributed by atoms with Crippen molar-refractivity contribution in [1.29, 1.82) is 0 Å². The van der Waals surface area contributed by atoms with Crippen molar-refractivity contribution in [1.82, 2.24) is 9.66 Å². The number of hydrogen-bond acceptors (Lipinski definition) is 2. The van der Waals surface area contributed by atoms with Crippen molar-refractivity contribution in [3.05, 3.63) is 17.7 Å². The summed E-state index contributed by atoms with van der Waals surface area (Å²) in [5.41, 5.74) is 5.39. The zero-order valence-electron chi connectivity index (χ0n) is 7.55. The topological polar surface area (TPSA) is 29.9 Å². The fourth-order valence-corrected chi connectivity index (χ4v) is 1.22. The summed E-state index contributed by atoms with van der Waals surface area (Å²) < 4.78 is 1.93. The lowest BCUT2D eigenvalue weighted by molar-refractivity contribution is 0.810. The number of nitrogens with zero attached hydrogens (tertiary/aromatic N) is 2. The van der Waals surface area contributed by atoms with Crippen molar-refractivity contribution in [3.8, 4) is 0 Å². The molecule has 0 saturated heterocycles. The minimum atomic E-state index is 0.504. The number of nitrogens with one attached hydrogen (secondary N) is 1. The van der Waals surface area contributed by atoms with E-state index >= 15 is 0 Å². The van der Waals surface area contributed by atoms with Crippen molar-refractivity contribution in [3.63, 3.8) is 0 Å². The molecule has 0 radical (unpaired) electrons. The number of aromatic nitrogens is 2. The lowest BCUT2D eigenvalue weighted by Crippen LogP contribution is -2.09. The second-order valence-corrected chi connectivity index (χ2v) is 2.96. The third kappa shape index (κ3) is 1.37. The summed E-state index contributed by atoms with van der Waals surface area (Å²) in [5, 5.41) is 0. The smallest absolute Gasteiger partial charge is 0.115 e. The molecular formula is C8H15N3. The summed E-state index contributed by atoms with van der Waals surface area (Å²) in [7, 11) is 1.89. The van der Waals surface area contributed by atoms with Gasteiger partial charge >= 0.3 is 0 Å². The second-order valence-electron chi connectivity index (χ2n) is 2.96. The normalized spacial score (nSPS) is 10.6. The lowest BCUT2D eigenvalue weighted by atomic mass is 10.1. The van der Waals surface area contributed by atoms with Gasteiger partial charge in [0.15, 0.2) is 0 Å². The van der Waals surface area contributed by atoms with E-state index in [-0.39, 0.29) is 0 Å². The van der Waals surface area contributed by atoms with Crippen LogP contribution in [0.1, 0.15) is 31.2 Å². The second kappa shape index (κ2) is 2.95. The molecule has 0 bridgehead atoms. The van der Waals surface area contributed by atoms with Gasteiger partial charge in [-0.15, -0.1) is 0 Å². The molecule has 0 fully saturated rings. The van der Waals surface area contributed by atoms with Crippen LogP contribution < -0.4 is 5.43 Å². The average Bonchev–Trinajstić information content (AvgIpc) is 2.30. The zero-order chi connectivity index (χ0) is 8.43. The van der Waals surface area contributed by atoms with Gasteiger partial charge in [0.05, 0.1) is 11.4 Å². The van der Waals surface area contributed by atoms with E-state index in [1.807, 2.05) is 18.1 Å². The van der Waals surface area contributed by atoms with E-state index in [1.165, 1.54) is 11.4 Å². The molecule has 0 unspecified atom stereocenters. The van der Waals surface area contributed by atoms with E-state index < -0.39 is 0 Å². The van der Waals surface area contributed by atoms with Gasteiger partial charge in [-0.25, -0.2) is 4.98 Å². The molecular weight excluding hydrogens is 138 g/mol. The highest BCUT2D eigenvalue weighted by atomic mass is 15.4. The molecule has 1 rings (SSSR count). The monoisotopic (exact) mass is 153 g/mol. The Morgan fingerprint density at radius 2 is 2.18 bits per heavy atom. The first-order valence-electron chi connectivity index (χ1n) is 3.88. The minimum absolute atomic E-state index is 0.504. The molecule has 3 heteroatoms. The lowest BCUT2D eigenvalue weighted by Gasteiger charge is -2.05. The molecule has 0 aromatic carbocycles. The Labute approximate surface area is 67.4 Å². The van der Waals surface area contributed by atoms with Gasteiger partial charge in [-0.2, -0.15) is 0 Å². The zero-order valence-corrected chi connectivity index (χ0v) is 7.55. The predicted molar refractivity (Wildman–Crippen MR) is 46.3 cm³/mol. The van der Waals surface area contributed by atoms with Gasteiger partial charge in [0, 0.05) is 7.05 Å². The van der Waals surface area contributed by atoms with E-state index in [4.69, 9.17) is 0 Å². The largest absolute Gasteiger partial charge is 0.328 e. The van der Waals surface area contributed by atoms with Gasteiger partial charge in [-0.05, 0) is 12.8 Å². The maximum Gasteiger partial charge on any atom is 0.115 e. The molecule has 3 nitrogen and oxygen atoms in total. The fraction of sp³-hybridized carbons (Fsp3) is 0.625. The molecule has 0 aliphatic heterocycles. The number of rotatable bonds is 2. The van der Waals surface area contributed by atoms with E-state index in [2.05, 4.69) is 31.2 Å². The maximum atomic E-state index is 4.29. The Morgan fingerprint density at radius 1 is 1.55 bits per heavy atom. The summed E-state index contributed by atoms with van der Waals surface area (Å²) in [4.78, 5) is 4.29. The fourth-order valence-electron chi connectivity index (χ4n) is 1.22. The van der Waals surface area contributed by atoms with Crippen LogP contribution in [0.4, 0.5) is 0 Å². The Kier molecular flexibility index (Phi) is 2.17. The molecule has 1 aromatic heterocycles. The van der Waals surface area contributed by atoms with Gasteiger partial charge in [0.1, 0.15) is 6.33 Å². The van der Waals surface area contributed by atoms with Crippen LogP contribution in [0.15, 0.2) is 6.33 Å². The Morgan fingerprint density at radius 3 is 2.45 bits per heavy atom. The Balaban J connectivity index is 3.00. The van der Waals surface area contributed by atoms with Gasteiger partial charge in [0.25, 0.3) is 0 Å². The summed E-state index contributed by atoms with van der Waals surface area (Å²) >= 11 is 0. The van der Waals surface area contributed by atoms with Crippen molar-refractivity contribution in [2.24, 2.45) is 0 Å². The Bertz CT molecular complexity index is 237. The third-order valence-electron chi connectivity index (χ3n) is 1.83. The molecule has 0 atom stereocenters. The average molecular weight is 153 g/mol. The summed E-state index contributed by atoms with van der Waals surface area (Å²) in [6, 6.07) is 0.